The number of ether oxygens (including phenoxy) is 1. The summed E-state index contributed by atoms with van der Waals surface area (Å²) in [6.45, 7) is 18.0. The molecule has 10 nitrogen and oxygen atoms in total. The third-order valence-electron chi connectivity index (χ3n) is 7.76. The molecule has 2 saturated heterocycles. The predicted molar refractivity (Wildman–Crippen MR) is 167 cm³/mol. The lowest BCUT2D eigenvalue weighted by Gasteiger charge is -2.39. The van der Waals surface area contributed by atoms with Crippen LogP contribution in [-0.2, 0) is 14.3 Å². The van der Waals surface area contributed by atoms with Crippen LogP contribution in [0.4, 0.5) is 10.5 Å². The lowest BCUT2D eigenvalue weighted by atomic mass is 9.96. The van der Waals surface area contributed by atoms with E-state index in [-0.39, 0.29) is 18.0 Å². The lowest BCUT2D eigenvalue weighted by Crippen LogP contribution is -2.49. The second-order valence-corrected chi connectivity index (χ2v) is 12.1. The Bertz CT molecular complexity index is 1040. The number of aryl methyl sites for hydroxylation is 1. The number of carbonyl (C=O) groups excluding carboxylic acids is 4. The topological polar surface area (TPSA) is 103 Å². The number of anilines is 1. The molecule has 2 aliphatic heterocycles. The maximum Gasteiger partial charge on any atom is 0.410 e. The van der Waals surface area contributed by atoms with E-state index < -0.39 is 5.60 Å². The van der Waals surface area contributed by atoms with Crippen LogP contribution in [0, 0.1) is 12.8 Å². The fraction of sp³-hybridized carbons (Fsp3) is 0.625. The van der Waals surface area contributed by atoms with Crippen molar-refractivity contribution in [3.05, 3.63) is 42.0 Å². The Morgan fingerprint density at radius 3 is 2.29 bits per heavy atom. The quantitative estimate of drug-likeness (QED) is 0.330. The first-order chi connectivity index (χ1) is 19.9. The zero-order valence-electron chi connectivity index (χ0n) is 26.4. The molecule has 1 unspecified atom stereocenters. The van der Waals surface area contributed by atoms with Crippen LogP contribution < -0.4 is 10.2 Å². The highest BCUT2D eigenvalue weighted by atomic mass is 16.6. The SMILES string of the molecule is C=CCCC(C(=O)NC)N(C)C=O.Cc1ccc(N2CCN(CC3CCN(C(=O)OC(C)(C)C)CC3)CC2)cc1C=O. The summed E-state index contributed by atoms with van der Waals surface area (Å²) in [4.78, 5) is 53.3. The summed E-state index contributed by atoms with van der Waals surface area (Å²) < 4.78 is 5.49. The van der Waals surface area contributed by atoms with Gasteiger partial charge in [0, 0.05) is 71.2 Å². The van der Waals surface area contributed by atoms with E-state index in [1.165, 1.54) is 4.90 Å². The third-order valence-corrected chi connectivity index (χ3v) is 7.76. The number of likely N-dealkylation sites (N-methyl/N-ethyl adjacent to an activating group) is 2. The van der Waals surface area contributed by atoms with Crippen LogP contribution in [0.15, 0.2) is 30.9 Å². The van der Waals surface area contributed by atoms with E-state index in [9.17, 15) is 19.2 Å². The van der Waals surface area contributed by atoms with Crippen molar-refractivity contribution < 1.29 is 23.9 Å². The first-order valence-electron chi connectivity index (χ1n) is 14.9. The second-order valence-electron chi connectivity index (χ2n) is 12.1. The van der Waals surface area contributed by atoms with Crippen LogP contribution >= 0.6 is 0 Å². The van der Waals surface area contributed by atoms with Gasteiger partial charge in [0.1, 0.15) is 17.9 Å². The van der Waals surface area contributed by atoms with E-state index in [2.05, 4.69) is 27.8 Å². The molecule has 0 bridgehead atoms. The molecule has 1 aromatic carbocycles. The first kappa shape index (κ1) is 34.8. The van der Waals surface area contributed by atoms with Gasteiger partial charge in [-0.05, 0) is 77.0 Å². The van der Waals surface area contributed by atoms with Crippen LogP contribution in [0.2, 0.25) is 0 Å². The van der Waals surface area contributed by atoms with Crippen LogP contribution in [0.1, 0.15) is 62.4 Å². The second kappa shape index (κ2) is 16.9. The monoisotopic (exact) mass is 585 g/mol. The van der Waals surface area contributed by atoms with Gasteiger partial charge in [0.25, 0.3) is 0 Å². The van der Waals surface area contributed by atoms with Crippen molar-refractivity contribution in [1.29, 1.82) is 0 Å². The maximum absolute atomic E-state index is 12.2. The number of benzene rings is 1. The van der Waals surface area contributed by atoms with Crippen LogP contribution in [0.5, 0.6) is 0 Å². The molecule has 3 rings (SSSR count). The number of hydrogen-bond acceptors (Lipinski definition) is 7. The van der Waals surface area contributed by atoms with E-state index >= 15 is 0 Å². The Morgan fingerprint density at radius 2 is 1.76 bits per heavy atom. The Kier molecular flexibility index (Phi) is 14.0. The van der Waals surface area contributed by atoms with Crippen molar-refractivity contribution in [2.24, 2.45) is 5.92 Å². The van der Waals surface area contributed by atoms with E-state index in [0.717, 1.165) is 88.2 Å². The smallest absolute Gasteiger partial charge is 0.410 e. The van der Waals surface area contributed by atoms with E-state index in [4.69, 9.17) is 4.74 Å². The fourth-order valence-corrected chi connectivity index (χ4v) is 5.17. The minimum Gasteiger partial charge on any atom is -0.444 e. The summed E-state index contributed by atoms with van der Waals surface area (Å²) in [6.07, 6.45) is 6.56. The molecule has 2 heterocycles. The Hall–Kier alpha value is -3.40. The minimum absolute atomic E-state index is 0.142. The highest BCUT2D eigenvalue weighted by molar-refractivity contribution is 5.83. The fourth-order valence-electron chi connectivity index (χ4n) is 5.17. The molecule has 3 amide bonds. The van der Waals surface area contributed by atoms with Crippen molar-refractivity contribution in [3.8, 4) is 0 Å². The number of hydrogen-bond donors (Lipinski definition) is 1. The zero-order chi connectivity index (χ0) is 31.3. The van der Waals surface area contributed by atoms with Gasteiger partial charge >= 0.3 is 6.09 Å². The van der Waals surface area contributed by atoms with Crippen molar-refractivity contribution in [2.45, 2.75) is 65.0 Å². The van der Waals surface area contributed by atoms with Gasteiger partial charge in [-0.1, -0.05) is 12.1 Å². The van der Waals surface area contributed by atoms with E-state index in [1.54, 1.807) is 20.2 Å². The Balaban J connectivity index is 0.000000401. The standard InChI is InChI=1S/C23H35N3O3.C9H16N2O2/c1-18-5-6-21(15-20(18)17-27)25-13-11-24(12-14-25)16-19-7-9-26(10-8-19)22(28)29-23(2,3)4;1-4-5-6-8(9(13)10-2)11(3)7-12/h5-6,15,17,19H,7-14,16H2,1-4H3;4,7-8H,1,5-6H2,2-3H3,(H,10,13). The van der Waals surface area contributed by atoms with Gasteiger partial charge in [-0.15, -0.1) is 6.58 Å². The third kappa shape index (κ3) is 11.1. The van der Waals surface area contributed by atoms with E-state index in [0.29, 0.717) is 18.7 Å². The molecule has 1 atom stereocenters. The molecule has 1 aromatic rings. The number of amides is 3. The summed E-state index contributed by atoms with van der Waals surface area (Å²) >= 11 is 0. The molecule has 0 spiro atoms. The van der Waals surface area contributed by atoms with Gasteiger partial charge < -0.3 is 24.8 Å². The van der Waals surface area contributed by atoms with Crippen LogP contribution in [0.25, 0.3) is 0 Å². The number of likely N-dealkylation sites (tertiary alicyclic amines) is 1. The van der Waals surface area contributed by atoms with Crippen molar-refractivity contribution in [1.82, 2.24) is 20.0 Å². The van der Waals surface area contributed by atoms with E-state index in [1.807, 2.05) is 44.7 Å². The zero-order valence-corrected chi connectivity index (χ0v) is 26.4. The molecule has 10 heteroatoms. The Morgan fingerprint density at radius 1 is 1.12 bits per heavy atom. The summed E-state index contributed by atoms with van der Waals surface area (Å²) in [5.41, 5.74) is 2.52. The number of nitrogens with one attached hydrogen (secondary N) is 1. The largest absolute Gasteiger partial charge is 0.444 e. The van der Waals surface area contributed by atoms with Gasteiger partial charge in [-0.25, -0.2) is 4.79 Å². The summed E-state index contributed by atoms with van der Waals surface area (Å²) in [5, 5.41) is 2.52. The van der Waals surface area contributed by atoms with Gasteiger partial charge in [0.05, 0.1) is 0 Å². The molecule has 0 saturated carbocycles. The normalized spacial score (nSPS) is 16.9. The van der Waals surface area contributed by atoms with Gasteiger partial charge in [0.2, 0.25) is 12.3 Å². The number of carbonyl (C=O) groups is 4. The van der Waals surface area contributed by atoms with Crippen molar-refractivity contribution in [3.63, 3.8) is 0 Å². The minimum atomic E-state index is -0.433. The number of piperazine rings is 1. The predicted octanol–water partition coefficient (Wildman–Crippen LogP) is 3.73. The van der Waals surface area contributed by atoms with Gasteiger partial charge in [0.15, 0.2) is 0 Å². The van der Waals surface area contributed by atoms with Crippen molar-refractivity contribution >= 4 is 30.4 Å². The van der Waals surface area contributed by atoms with Gasteiger partial charge in [-0.3, -0.25) is 19.3 Å². The van der Waals surface area contributed by atoms with Crippen molar-refractivity contribution in [2.75, 3.05) is 64.8 Å². The Labute approximate surface area is 252 Å². The number of piperidine rings is 1. The molecule has 2 aliphatic rings. The number of nitrogens with zero attached hydrogens (tertiary/aromatic N) is 4. The highest BCUT2D eigenvalue weighted by Crippen LogP contribution is 2.23. The lowest BCUT2D eigenvalue weighted by molar-refractivity contribution is -0.131. The molecule has 42 heavy (non-hydrogen) atoms. The molecule has 234 valence electrons. The average Bonchev–Trinajstić information content (AvgIpc) is 2.97. The maximum atomic E-state index is 12.2. The molecule has 0 radical (unpaired) electrons. The average molecular weight is 586 g/mol. The van der Waals surface area contributed by atoms with Crippen LogP contribution in [-0.4, -0.2) is 111 Å². The van der Waals surface area contributed by atoms with Crippen LogP contribution in [0.3, 0.4) is 0 Å². The molecular weight excluding hydrogens is 534 g/mol. The molecule has 2 fully saturated rings. The van der Waals surface area contributed by atoms with Gasteiger partial charge in [-0.2, -0.15) is 0 Å². The molecule has 0 aliphatic carbocycles. The summed E-state index contributed by atoms with van der Waals surface area (Å²) in [7, 11) is 3.15. The molecule has 0 aromatic heterocycles. The summed E-state index contributed by atoms with van der Waals surface area (Å²) in [5.74, 6) is 0.498. The first-order valence-corrected chi connectivity index (χ1v) is 14.9. The molecular formula is C32H51N5O5. The molecule has 1 N–H and O–H groups in total. The number of rotatable bonds is 10. The number of allylic oxidation sites excluding steroid dienone is 1. The number of aldehydes is 1. The summed E-state index contributed by atoms with van der Waals surface area (Å²) in [6, 6.07) is 5.76. The highest BCUT2D eigenvalue weighted by Gasteiger charge is 2.28.